The lowest BCUT2D eigenvalue weighted by Crippen LogP contribution is -2.25. The van der Waals surface area contributed by atoms with E-state index in [1.807, 2.05) is 6.07 Å². The summed E-state index contributed by atoms with van der Waals surface area (Å²) in [6.07, 6.45) is 3.62. The van der Waals surface area contributed by atoms with Gasteiger partial charge in [0.1, 0.15) is 5.75 Å². The van der Waals surface area contributed by atoms with E-state index in [2.05, 4.69) is 5.32 Å². The van der Waals surface area contributed by atoms with E-state index in [0.29, 0.717) is 18.2 Å². The molecule has 0 unspecified atom stereocenters. The minimum absolute atomic E-state index is 0.142. The fourth-order valence-electron chi connectivity index (χ4n) is 2.77. The number of benzene rings is 1. The van der Waals surface area contributed by atoms with Gasteiger partial charge in [0.05, 0.1) is 0 Å². The van der Waals surface area contributed by atoms with Crippen molar-refractivity contribution in [2.75, 3.05) is 6.61 Å². The van der Waals surface area contributed by atoms with Crippen LogP contribution in [0, 0.1) is 17.8 Å². The fraction of sp³-hybridized carbons (Fsp3) is 0.500. The average Bonchev–Trinajstić information content (AvgIpc) is 3.34. The predicted molar refractivity (Wildman–Crippen MR) is 75.7 cm³/mol. The van der Waals surface area contributed by atoms with Gasteiger partial charge in [0.25, 0.3) is 0 Å². The van der Waals surface area contributed by atoms with Gasteiger partial charge in [0.15, 0.2) is 6.61 Å². The molecular formula is C16H19NO4. The molecule has 2 saturated carbocycles. The van der Waals surface area contributed by atoms with Crippen LogP contribution in [0.15, 0.2) is 24.3 Å². The summed E-state index contributed by atoms with van der Waals surface area (Å²) >= 11 is 0. The minimum atomic E-state index is -1.01. The van der Waals surface area contributed by atoms with E-state index in [0.717, 1.165) is 17.9 Å². The fourth-order valence-corrected chi connectivity index (χ4v) is 2.77. The smallest absolute Gasteiger partial charge is 0.341 e. The molecule has 112 valence electrons. The van der Waals surface area contributed by atoms with Gasteiger partial charge in [0, 0.05) is 12.5 Å². The Labute approximate surface area is 123 Å². The summed E-state index contributed by atoms with van der Waals surface area (Å²) in [5.74, 6) is 1.27. The lowest BCUT2D eigenvalue weighted by Gasteiger charge is -2.08. The Hall–Kier alpha value is -2.04. The normalized spacial score (nSPS) is 23.4. The molecule has 2 aliphatic rings. The van der Waals surface area contributed by atoms with Crippen LogP contribution in [0.4, 0.5) is 0 Å². The topological polar surface area (TPSA) is 75.6 Å². The number of hydrogen-bond donors (Lipinski definition) is 2. The van der Waals surface area contributed by atoms with Crippen molar-refractivity contribution in [1.29, 1.82) is 0 Å². The number of nitrogens with one attached hydrogen (secondary N) is 1. The molecule has 0 heterocycles. The van der Waals surface area contributed by atoms with Crippen LogP contribution in [-0.4, -0.2) is 23.6 Å². The molecule has 1 amide bonds. The molecule has 0 aromatic heterocycles. The third-order valence-corrected chi connectivity index (χ3v) is 4.13. The van der Waals surface area contributed by atoms with Gasteiger partial charge in [-0.1, -0.05) is 12.1 Å². The Balaban J connectivity index is 1.47. The van der Waals surface area contributed by atoms with E-state index in [1.54, 1.807) is 18.2 Å². The van der Waals surface area contributed by atoms with Crippen molar-refractivity contribution in [3.05, 3.63) is 29.8 Å². The third kappa shape index (κ3) is 3.74. The molecule has 0 saturated heterocycles. The highest BCUT2D eigenvalue weighted by Crippen LogP contribution is 2.54. The van der Waals surface area contributed by atoms with Gasteiger partial charge in [-0.15, -0.1) is 0 Å². The van der Waals surface area contributed by atoms with E-state index in [9.17, 15) is 9.59 Å². The number of carboxylic acids is 1. The van der Waals surface area contributed by atoms with E-state index < -0.39 is 5.97 Å². The number of carboxylic acid groups (broad SMARTS) is 1. The van der Waals surface area contributed by atoms with Crippen LogP contribution in [0.1, 0.15) is 24.8 Å². The highest BCUT2D eigenvalue weighted by atomic mass is 16.5. The number of amides is 1. The van der Waals surface area contributed by atoms with Gasteiger partial charge in [0.2, 0.25) is 5.91 Å². The number of carbonyl (C=O) groups is 2. The summed E-state index contributed by atoms with van der Waals surface area (Å²) in [6.45, 7) is 0.0952. The Kier molecular flexibility index (Phi) is 3.82. The third-order valence-electron chi connectivity index (χ3n) is 4.13. The van der Waals surface area contributed by atoms with Crippen molar-refractivity contribution in [2.24, 2.45) is 17.8 Å². The van der Waals surface area contributed by atoms with E-state index in [1.165, 1.54) is 12.8 Å². The number of aliphatic carboxylic acids is 1. The largest absolute Gasteiger partial charge is 0.482 e. The molecule has 1 aromatic carbocycles. The molecule has 0 radical (unpaired) electrons. The molecule has 0 aliphatic heterocycles. The molecule has 2 aliphatic carbocycles. The summed E-state index contributed by atoms with van der Waals surface area (Å²) in [5, 5.41) is 11.5. The van der Waals surface area contributed by atoms with Crippen LogP contribution in [0.2, 0.25) is 0 Å². The van der Waals surface area contributed by atoms with E-state index in [-0.39, 0.29) is 18.4 Å². The molecule has 5 nitrogen and oxygen atoms in total. The quantitative estimate of drug-likeness (QED) is 0.802. The summed E-state index contributed by atoms with van der Waals surface area (Å²) in [5.41, 5.74) is 0.912. The second-order valence-corrected chi connectivity index (χ2v) is 5.89. The Bertz CT molecular complexity index is 553. The van der Waals surface area contributed by atoms with Gasteiger partial charge >= 0.3 is 5.97 Å². The Morgan fingerprint density at radius 1 is 1.33 bits per heavy atom. The van der Waals surface area contributed by atoms with Gasteiger partial charge < -0.3 is 15.2 Å². The molecule has 1 aromatic rings. The maximum atomic E-state index is 12.0. The molecule has 21 heavy (non-hydrogen) atoms. The molecule has 5 heteroatoms. The number of rotatable bonds is 7. The van der Waals surface area contributed by atoms with Crippen molar-refractivity contribution in [3.8, 4) is 5.75 Å². The van der Waals surface area contributed by atoms with Gasteiger partial charge in [-0.3, -0.25) is 4.79 Å². The van der Waals surface area contributed by atoms with Crippen LogP contribution < -0.4 is 10.1 Å². The maximum Gasteiger partial charge on any atom is 0.341 e. The van der Waals surface area contributed by atoms with Gasteiger partial charge in [-0.25, -0.2) is 4.79 Å². The first-order valence-electron chi connectivity index (χ1n) is 7.35. The molecule has 0 bridgehead atoms. The zero-order valence-electron chi connectivity index (χ0n) is 11.7. The Morgan fingerprint density at radius 3 is 2.86 bits per heavy atom. The predicted octanol–water partition coefficient (Wildman–Crippen LogP) is 1.81. The van der Waals surface area contributed by atoms with Crippen molar-refractivity contribution < 1.29 is 19.4 Å². The van der Waals surface area contributed by atoms with Crippen LogP contribution in [0.5, 0.6) is 5.75 Å². The average molecular weight is 289 g/mol. The molecule has 0 spiro atoms. The number of ether oxygens (including phenoxy) is 1. The van der Waals surface area contributed by atoms with Crippen molar-refractivity contribution in [2.45, 2.75) is 25.8 Å². The van der Waals surface area contributed by atoms with Crippen molar-refractivity contribution >= 4 is 11.9 Å². The maximum absolute atomic E-state index is 12.0. The summed E-state index contributed by atoms with van der Waals surface area (Å²) < 4.78 is 5.12. The Morgan fingerprint density at radius 2 is 2.14 bits per heavy atom. The molecule has 2 N–H and O–H groups in total. The first-order valence-corrected chi connectivity index (χ1v) is 7.35. The van der Waals surface area contributed by atoms with Gasteiger partial charge in [-0.2, -0.15) is 0 Å². The monoisotopic (exact) mass is 289 g/mol. The van der Waals surface area contributed by atoms with E-state index >= 15 is 0 Å². The second kappa shape index (κ2) is 5.76. The highest BCUT2D eigenvalue weighted by molar-refractivity contribution is 5.81. The van der Waals surface area contributed by atoms with Crippen molar-refractivity contribution in [3.63, 3.8) is 0 Å². The van der Waals surface area contributed by atoms with Crippen LogP contribution in [0.25, 0.3) is 0 Å². The van der Waals surface area contributed by atoms with Crippen LogP contribution in [-0.2, 0) is 16.1 Å². The SMILES string of the molecule is O=C(O)COc1cccc(CNC(=O)[C@@H]2C[C@H]2C2CC2)c1. The first kappa shape index (κ1) is 13.9. The summed E-state index contributed by atoms with van der Waals surface area (Å²) in [7, 11) is 0. The molecule has 2 atom stereocenters. The van der Waals surface area contributed by atoms with Crippen LogP contribution in [0.3, 0.4) is 0 Å². The summed E-state index contributed by atoms with van der Waals surface area (Å²) in [6, 6.07) is 7.15. The lowest BCUT2D eigenvalue weighted by molar-refractivity contribution is -0.139. The van der Waals surface area contributed by atoms with E-state index in [4.69, 9.17) is 9.84 Å². The van der Waals surface area contributed by atoms with Crippen molar-refractivity contribution in [1.82, 2.24) is 5.32 Å². The molecular weight excluding hydrogens is 270 g/mol. The summed E-state index contributed by atoms with van der Waals surface area (Å²) in [4.78, 5) is 22.5. The zero-order valence-corrected chi connectivity index (χ0v) is 11.7. The van der Waals surface area contributed by atoms with Gasteiger partial charge in [-0.05, 0) is 48.8 Å². The first-order chi connectivity index (χ1) is 10.1. The van der Waals surface area contributed by atoms with Crippen LogP contribution >= 0.6 is 0 Å². The minimum Gasteiger partial charge on any atom is -0.482 e. The number of hydrogen-bond acceptors (Lipinski definition) is 3. The second-order valence-electron chi connectivity index (χ2n) is 5.89. The standard InChI is InChI=1S/C16H19NO4/c18-15(19)9-21-12-3-1-2-10(6-12)8-17-16(20)14-7-13(14)11-4-5-11/h1-3,6,11,13-14H,4-5,7-9H2,(H,17,20)(H,18,19)/t13-,14+/m0/s1. The molecule has 3 rings (SSSR count). The zero-order chi connectivity index (χ0) is 14.8. The lowest BCUT2D eigenvalue weighted by atomic mass is 10.2. The molecule has 2 fully saturated rings. The number of carbonyl (C=O) groups excluding carboxylic acids is 1. The highest BCUT2D eigenvalue weighted by Gasteiger charge is 2.50.